The van der Waals surface area contributed by atoms with E-state index in [1.165, 1.54) is 11.3 Å². The van der Waals surface area contributed by atoms with Crippen molar-refractivity contribution >= 4 is 11.8 Å². The number of hydrogen-bond donors (Lipinski definition) is 1. The van der Waals surface area contributed by atoms with Gasteiger partial charge in [0.1, 0.15) is 6.61 Å². The number of carbonyl (C=O) groups excluding carboxylic acids is 1. The number of nitrogens with zero attached hydrogens (tertiary/aromatic N) is 1. The third-order valence-corrected chi connectivity index (χ3v) is 4.32. The number of ether oxygens (including phenoxy) is 1. The van der Waals surface area contributed by atoms with E-state index in [4.69, 9.17) is 4.74 Å². The molecule has 1 fully saturated rings. The number of piperidine rings is 1. The van der Waals surface area contributed by atoms with Crippen molar-refractivity contribution in [3.8, 4) is 0 Å². The first-order chi connectivity index (χ1) is 11.7. The second kappa shape index (κ2) is 7.86. The number of nitrogens with one attached hydrogen (secondary N) is 1. The molecule has 126 valence electrons. The highest BCUT2D eigenvalue weighted by Gasteiger charge is 2.22. The molecule has 4 nitrogen and oxygen atoms in total. The normalized spacial score (nSPS) is 17.4. The van der Waals surface area contributed by atoms with Gasteiger partial charge in [0.05, 0.1) is 0 Å². The summed E-state index contributed by atoms with van der Waals surface area (Å²) >= 11 is 0. The Balaban J connectivity index is 1.50. The van der Waals surface area contributed by atoms with Gasteiger partial charge < -0.3 is 15.0 Å². The van der Waals surface area contributed by atoms with Crippen molar-refractivity contribution in [2.24, 2.45) is 0 Å². The van der Waals surface area contributed by atoms with Gasteiger partial charge in [0.2, 0.25) is 0 Å². The molecule has 0 aromatic heterocycles. The van der Waals surface area contributed by atoms with E-state index in [1.807, 2.05) is 30.3 Å². The summed E-state index contributed by atoms with van der Waals surface area (Å²) in [6.07, 6.45) is 1.72. The molecule has 0 bridgehead atoms. The molecular formula is C20H24N2O2. The number of aryl methyl sites for hydroxylation is 1. The Morgan fingerprint density at radius 2 is 2.04 bits per heavy atom. The van der Waals surface area contributed by atoms with Crippen LogP contribution in [0.3, 0.4) is 0 Å². The Bertz CT molecular complexity index is 672. The summed E-state index contributed by atoms with van der Waals surface area (Å²) in [7, 11) is 0. The summed E-state index contributed by atoms with van der Waals surface area (Å²) in [6, 6.07) is 18.4. The quantitative estimate of drug-likeness (QED) is 0.927. The van der Waals surface area contributed by atoms with Crippen LogP contribution in [0, 0.1) is 6.92 Å². The zero-order chi connectivity index (χ0) is 16.8. The van der Waals surface area contributed by atoms with Crippen LogP contribution < -0.4 is 10.2 Å². The van der Waals surface area contributed by atoms with Gasteiger partial charge in [-0.05, 0) is 43.0 Å². The molecule has 1 atom stereocenters. The Kier molecular flexibility index (Phi) is 5.36. The lowest BCUT2D eigenvalue weighted by Gasteiger charge is -2.34. The molecule has 0 radical (unpaired) electrons. The summed E-state index contributed by atoms with van der Waals surface area (Å²) in [4.78, 5) is 14.4. The summed E-state index contributed by atoms with van der Waals surface area (Å²) < 4.78 is 5.32. The number of hydrogen-bond acceptors (Lipinski definition) is 3. The van der Waals surface area contributed by atoms with Crippen molar-refractivity contribution in [1.82, 2.24) is 5.32 Å². The van der Waals surface area contributed by atoms with Crippen molar-refractivity contribution in [2.75, 3.05) is 18.0 Å². The van der Waals surface area contributed by atoms with Gasteiger partial charge in [-0.1, -0.05) is 42.5 Å². The molecule has 1 saturated heterocycles. The number of alkyl carbamates (subject to hydrolysis) is 1. The van der Waals surface area contributed by atoms with E-state index < -0.39 is 0 Å². The van der Waals surface area contributed by atoms with Crippen LogP contribution in [0.25, 0.3) is 0 Å². The number of benzene rings is 2. The van der Waals surface area contributed by atoms with E-state index in [0.29, 0.717) is 6.61 Å². The standard InChI is InChI=1S/C20H24N2O2/c1-16-7-5-11-19(13-16)22-12-6-10-18(14-22)21-20(23)24-15-17-8-3-2-4-9-17/h2-5,7-9,11,13,18H,6,10,12,14-15H2,1H3,(H,21,23). The fourth-order valence-corrected chi connectivity index (χ4v) is 3.09. The molecule has 24 heavy (non-hydrogen) atoms. The van der Waals surface area contributed by atoms with Crippen LogP contribution in [0.5, 0.6) is 0 Å². The highest BCUT2D eigenvalue weighted by molar-refractivity contribution is 5.67. The fraction of sp³-hybridized carbons (Fsp3) is 0.350. The Morgan fingerprint density at radius 1 is 1.21 bits per heavy atom. The number of anilines is 1. The predicted molar refractivity (Wildman–Crippen MR) is 96.2 cm³/mol. The molecule has 1 aliphatic rings. The first-order valence-corrected chi connectivity index (χ1v) is 8.49. The van der Waals surface area contributed by atoms with Crippen molar-refractivity contribution in [3.05, 3.63) is 65.7 Å². The van der Waals surface area contributed by atoms with E-state index in [0.717, 1.165) is 31.5 Å². The molecule has 4 heteroatoms. The molecule has 0 saturated carbocycles. The second-order valence-electron chi connectivity index (χ2n) is 6.33. The number of carbonyl (C=O) groups is 1. The molecule has 0 spiro atoms. The van der Waals surface area contributed by atoms with Crippen molar-refractivity contribution in [3.63, 3.8) is 0 Å². The lowest BCUT2D eigenvalue weighted by atomic mass is 10.0. The lowest BCUT2D eigenvalue weighted by Crippen LogP contribution is -2.48. The molecule has 1 N–H and O–H groups in total. The average molecular weight is 324 g/mol. The van der Waals surface area contributed by atoms with Gasteiger partial charge >= 0.3 is 6.09 Å². The van der Waals surface area contributed by atoms with Crippen LogP contribution in [0.1, 0.15) is 24.0 Å². The van der Waals surface area contributed by atoms with Crippen LogP contribution >= 0.6 is 0 Å². The average Bonchev–Trinajstić information content (AvgIpc) is 2.61. The van der Waals surface area contributed by atoms with Crippen LogP contribution in [0.4, 0.5) is 10.5 Å². The van der Waals surface area contributed by atoms with Crippen molar-refractivity contribution < 1.29 is 9.53 Å². The first kappa shape index (κ1) is 16.4. The third kappa shape index (κ3) is 4.51. The van der Waals surface area contributed by atoms with E-state index in [-0.39, 0.29) is 12.1 Å². The zero-order valence-electron chi connectivity index (χ0n) is 14.1. The molecule has 1 amide bonds. The monoisotopic (exact) mass is 324 g/mol. The number of amides is 1. The highest BCUT2D eigenvalue weighted by atomic mass is 16.5. The van der Waals surface area contributed by atoms with Gasteiger partial charge in [0.25, 0.3) is 0 Å². The van der Waals surface area contributed by atoms with Gasteiger partial charge in [-0.3, -0.25) is 0 Å². The van der Waals surface area contributed by atoms with E-state index >= 15 is 0 Å². The lowest BCUT2D eigenvalue weighted by molar-refractivity contribution is 0.134. The molecule has 1 aliphatic heterocycles. The summed E-state index contributed by atoms with van der Waals surface area (Å²) in [6.45, 7) is 4.26. The Hall–Kier alpha value is -2.49. The molecule has 1 unspecified atom stereocenters. The molecule has 3 rings (SSSR count). The second-order valence-corrected chi connectivity index (χ2v) is 6.33. The topological polar surface area (TPSA) is 41.6 Å². The first-order valence-electron chi connectivity index (χ1n) is 8.49. The molecule has 1 heterocycles. The summed E-state index contributed by atoms with van der Waals surface area (Å²) in [5.41, 5.74) is 3.47. The Morgan fingerprint density at radius 3 is 2.83 bits per heavy atom. The minimum Gasteiger partial charge on any atom is -0.445 e. The van der Waals surface area contributed by atoms with Gasteiger partial charge in [0.15, 0.2) is 0 Å². The van der Waals surface area contributed by atoms with Gasteiger partial charge in [0, 0.05) is 24.8 Å². The third-order valence-electron chi connectivity index (χ3n) is 4.32. The van der Waals surface area contributed by atoms with Crippen LogP contribution in [-0.4, -0.2) is 25.2 Å². The molecular weight excluding hydrogens is 300 g/mol. The van der Waals surface area contributed by atoms with E-state index in [2.05, 4.69) is 41.4 Å². The zero-order valence-corrected chi connectivity index (χ0v) is 14.1. The number of rotatable bonds is 4. The van der Waals surface area contributed by atoms with E-state index in [1.54, 1.807) is 0 Å². The minimum absolute atomic E-state index is 0.127. The van der Waals surface area contributed by atoms with Gasteiger partial charge in [-0.25, -0.2) is 4.79 Å². The maximum atomic E-state index is 12.0. The van der Waals surface area contributed by atoms with Gasteiger partial charge in [-0.2, -0.15) is 0 Å². The Labute approximate surface area is 143 Å². The summed E-state index contributed by atoms with van der Waals surface area (Å²) in [5.74, 6) is 0. The predicted octanol–water partition coefficient (Wildman–Crippen LogP) is 3.89. The highest BCUT2D eigenvalue weighted by Crippen LogP contribution is 2.21. The van der Waals surface area contributed by atoms with Crippen molar-refractivity contribution in [2.45, 2.75) is 32.4 Å². The molecule has 2 aromatic carbocycles. The van der Waals surface area contributed by atoms with Crippen LogP contribution in [-0.2, 0) is 11.3 Å². The van der Waals surface area contributed by atoms with Crippen molar-refractivity contribution in [1.29, 1.82) is 0 Å². The van der Waals surface area contributed by atoms with Gasteiger partial charge in [-0.15, -0.1) is 0 Å². The fourth-order valence-electron chi connectivity index (χ4n) is 3.09. The maximum absolute atomic E-state index is 12.0. The summed E-state index contributed by atoms with van der Waals surface area (Å²) in [5, 5.41) is 3.00. The SMILES string of the molecule is Cc1cccc(N2CCCC(NC(=O)OCc3ccccc3)C2)c1. The largest absolute Gasteiger partial charge is 0.445 e. The minimum atomic E-state index is -0.338. The molecule has 0 aliphatic carbocycles. The molecule has 2 aromatic rings. The smallest absolute Gasteiger partial charge is 0.407 e. The van der Waals surface area contributed by atoms with Crippen LogP contribution in [0.15, 0.2) is 54.6 Å². The maximum Gasteiger partial charge on any atom is 0.407 e. The van der Waals surface area contributed by atoms with Crippen LogP contribution in [0.2, 0.25) is 0 Å². The van der Waals surface area contributed by atoms with E-state index in [9.17, 15) is 4.79 Å².